The second-order valence-corrected chi connectivity index (χ2v) is 8.90. The van der Waals surface area contributed by atoms with Crippen LogP contribution in [0.15, 0.2) is 91.0 Å². The Morgan fingerprint density at radius 3 is 1.53 bits per heavy atom. The van der Waals surface area contributed by atoms with Crippen LogP contribution in [0.2, 0.25) is 0 Å². The topological polar surface area (TPSA) is 61.3 Å². The van der Waals surface area contributed by atoms with Gasteiger partial charge in [-0.2, -0.15) is 0 Å². The van der Waals surface area contributed by atoms with Crippen LogP contribution in [-0.4, -0.2) is 0 Å². The first-order valence-corrected chi connectivity index (χ1v) is 12.2. The van der Waals surface area contributed by atoms with Crippen molar-refractivity contribution in [1.82, 2.24) is 0 Å². The number of anilines is 2. The highest BCUT2D eigenvalue weighted by molar-refractivity contribution is 5.71. The van der Waals surface area contributed by atoms with Crippen molar-refractivity contribution in [3.63, 3.8) is 0 Å². The van der Waals surface area contributed by atoms with E-state index in [0.717, 1.165) is 11.3 Å². The number of hydrogen-bond donors (Lipinski definition) is 2. The van der Waals surface area contributed by atoms with Gasteiger partial charge in [-0.05, 0) is 58.9 Å². The van der Waals surface area contributed by atoms with E-state index in [0.29, 0.717) is 17.1 Å². The highest BCUT2D eigenvalue weighted by Crippen LogP contribution is 2.30. The number of nitrogens with two attached hydrogens (primary N) is 2. The minimum Gasteiger partial charge on any atom is -0.457 e. The standard InChI is InChI=1S/C31H34N2O/c1-2-3-4-5-6-7-23-8-10-24(11-9-23)25-12-14-26(15-13-25)27-16-18-30(19-17-27)34-31-21-28(32)20-29(33)22-31/h8-22H,2-7,32-33H2,1H3. The van der Waals surface area contributed by atoms with Gasteiger partial charge in [-0.1, -0.05) is 93.3 Å². The van der Waals surface area contributed by atoms with Gasteiger partial charge in [0.05, 0.1) is 0 Å². The highest BCUT2D eigenvalue weighted by atomic mass is 16.5. The zero-order valence-electron chi connectivity index (χ0n) is 20.0. The first kappa shape index (κ1) is 23.4. The van der Waals surface area contributed by atoms with Crippen molar-refractivity contribution in [2.24, 2.45) is 0 Å². The Labute approximate surface area is 203 Å². The molecule has 4 aromatic carbocycles. The molecule has 0 saturated carbocycles. The lowest BCUT2D eigenvalue weighted by Gasteiger charge is -2.09. The summed E-state index contributed by atoms with van der Waals surface area (Å²) in [5.74, 6) is 1.38. The van der Waals surface area contributed by atoms with Crippen molar-refractivity contribution in [2.45, 2.75) is 45.4 Å². The molecule has 0 aliphatic heterocycles. The molecule has 3 heteroatoms. The zero-order chi connectivity index (χ0) is 23.8. The maximum absolute atomic E-state index is 5.90. The van der Waals surface area contributed by atoms with Gasteiger partial charge in [0, 0.05) is 23.5 Å². The molecule has 0 bridgehead atoms. The number of nitrogen functional groups attached to an aromatic ring is 2. The van der Waals surface area contributed by atoms with Gasteiger partial charge in [0.15, 0.2) is 0 Å². The molecule has 0 spiro atoms. The van der Waals surface area contributed by atoms with E-state index in [-0.39, 0.29) is 0 Å². The maximum atomic E-state index is 5.90. The average Bonchev–Trinajstić information content (AvgIpc) is 2.84. The molecule has 0 heterocycles. The number of unbranched alkanes of at least 4 members (excludes halogenated alkanes) is 4. The van der Waals surface area contributed by atoms with E-state index in [4.69, 9.17) is 16.2 Å². The maximum Gasteiger partial charge on any atom is 0.131 e. The van der Waals surface area contributed by atoms with Crippen molar-refractivity contribution < 1.29 is 4.74 Å². The van der Waals surface area contributed by atoms with Crippen LogP contribution in [0.5, 0.6) is 11.5 Å². The summed E-state index contributed by atoms with van der Waals surface area (Å²) in [7, 11) is 0. The number of rotatable bonds is 10. The molecule has 0 aliphatic carbocycles. The Hall–Kier alpha value is -3.72. The quantitative estimate of drug-likeness (QED) is 0.188. The van der Waals surface area contributed by atoms with Crippen LogP contribution in [-0.2, 0) is 6.42 Å². The summed E-state index contributed by atoms with van der Waals surface area (Å²) in [6.45, 7) is 2.26. The molecule has 0 fully saturated rings. The SMILES string of the molecule is CCCCCCCc1ccc(-c2ccc(-c3ccc(Oc4cc(N)cc(N)c4)cc3)cc2)cc1. The second kappa shape index (κ2) is 11.4. The first-order valence-electron chi connectivity index (χ1n) is 12.2. The van der Waals surface area contributed by atoms with E-state index in [1.165, 1.54) is 60.8 Å². The van der Waals surface area contributed by atoms with Gasteiger partial charge >= 0.3 is 0 Å². The number of ether oxygens (including phenoxy) is 1. The zero-order valence-corrected chi connectivity index (χ0v) is 20.0. The molecule has 34 heavy (non-hydrogen) atoms. The Balaban J connectivity index is 1.36. The highest BCUT2D eigenvalue weighted by Gasteiger charge is 2.04. The van der Waals surface area contributed by atoms with E-state index >= 15 is 0 Å². The van der Waals surface area contributed by atoms with Crippen LogP contribution in [0.1, 0.15) is 44.6 Å². The molecular weight excluding hydrogens is 416 g/mol. The minimum atomic E-state index is 0.587. The Morgan fingerprint density at radius 2 is 1.00 bits per heavy atom. The molecule has 4 N–H and O–H groups in total. The number of aryl methyl sites for hydroxylation is 1. The summed E-state index contributed by atoms with van der Waals surface area (Å²) in [6.07, 6.45) is 7.80. The van der Waals surface area contributed by atoms with Crippen molar-refractivity contribution in [3.05, 3.63) is 96.6 Å². The third-order valence-corrected chi connectivity index (χ3v) is 6.12. The third-order valence-electron chi connectivity index (χ3n) is 6.12. The van der Waals surface area contributed by atoms with Crippen LogP contribution in [0.25, 0.3) is 22.3 Å². The first-order chi connectivity index (χ1) is 16.6. The Morgan fingerprint density at radius 1 is 0.529 bits per heavy atom. The normalized spacial score (nSPS) is 10.9. The lowest BCUT2D eigenvalue weighted by Crippen LogP contribution is -1.92. The lowest BCUT2D eigenvalue weighted by molar-refractivity contribution is 0.483. The molecule has 4 rings (SSSR count). The fourth-order valence-electron chi connectivity index (χ4n) is 4.21. The smallest absolute Gasteiger partial charge is 0.131 e. The molecule has 174 valence electrons. The fourth-order valence-corrected chi connectivity index (χ4v) is 4.21. The third kappa shape index (κ3) is 6.41. The molecule has 0 saturated heterocycles. The van der Waals surface area contributed by atoms with E-state index in [9.17, 15) is 0 Å². The van der Waals surface area contributed by atoms with Gasteiger partial charge in [-0.25, -0.2) is 0 Å². The van der Waals surface area contributed by atoms with Crippen molar-refractivity contribution in [2.75, 3.05) is 11.5 Å². The predicted molar refractivity (Wildman–Crippen MR) is 145 cm³/mol. The molecule has 0 aromatic heterocycles. The molecule has 4 aromatic rings. The second-order valence-electron chi connectivity index (χ2n) is 8.90. The molecular formula is C31H34N2O. The van der Waals surface area contributed by atoms with Gasteiger partial charge in [0.1, 0.15) is 11.5 Å². The van der Waals surface area contributed by atoms with Gasteiger partial charge in [-0.3, -0.25) is 0 Å². The van der Waals surface area contributed by atoms with Gasteiger partial charge < -0.3 is 16.2 Å². The average molecular weight is 451 g/mol. The van der Waals surface area contributed by atoms with Gasteiger partial charge in [0.2, 0.25) is 0 Å². The molecule has 0 aliphatic rings. The Kier molecular flexibility index (Phi) is 7.87. The Bertz CT molecular complexity index is 1160. The summed E-state index contributed by atoms with van der Waals surface area (Å²) in [6, 6.07) is 31.1. The van der Waals surface area contributed by atoms with E-state index in [1.54, 1.807) is 18.2 Å². The fraction of sp³-hybridized carbons (Fsp3) is 0.226. The summed E-state index contributed by atoms with van der Waals surface area (Å²) in [5.41, 5.74) is 19.1. The lowest BCUT2D eigenvalue weighted by atomic mass is 9.98. The van der Waals surface area contributed by atoms with Gasteiger partial charge in [0.25, 0.3) is 0 Å². The molecule has 0 radical (unpaired) electrons. The summed E-state index contributed by atoms with van der Waals surface area (Å²) in [4.78, 5) is 0. The molecule has 3 nitrogen and oxygen atoms in total. The predicted octanol–water partition coefficient (Wildman–Crippen LogP) is 8.49. The van der Waals surface area contributed by atoms with Crippen LogP contribution < -0.4 is 16.2 Å². The van der Waals surface area contributed by atoms with E-state index < -0.39 is 0 Å². The summed E-state index contributed by atoms with van der Waals surface area (Å²) in [5, 5.41) is 0. The van der Waals surface area contributed by atoms with E-state index in [1.807, 2.05) is 12.1 Å². The molecule has 0 atom stereocenters. The molecule has 0 unspecified atom stereocenters. The van der Waals surface area contributed by atoms with Crippen LogP contribution in [0.4, 0.5) is 11.4 Å². The van der Waals surface area contributed by atoms with Gasteiger partial charge in [-0.15, -0.1) is 0 Å². The van der Waals surface area contributed by atoms with Crippen molar-refractivity contribution in [1.29, 1.82) is 0 Å². The summed E-state index contributed by atoms with van der Waals surface area (Å²) >= 11 is 0. The van der Waals surface area contributed by atoms with Crippen LogP contribution in [0, 0.1) is 0 Å². The minimum absolute atomic E-state index is 0.587. The monoisotopic (exact) mass is 450 g/mol. The van der Waals surface area contributed by atoms with Crippen molar-refractivity contribution >= 4 is 11.4 Å². The number of hydrogen-bond acceptors (Lipinski definition) is 3. The summed E-state index contributed by atoms with van der Waals surface area (Å²) < 4.78 is 5.90. The van der Waals surface area contributed by atoms with E-state index in [2.05, 4.69) is 67.6 Å². The molecule has 0 amide bonds. The van der Waals surface area contributed by atoms with Crippen LogP contribution >= 0.6 is 0 Å². The largest absolute Gasteiger partial charge is 0.457 e. The van der Waals surface area contributed by atoms with Crippen molar-refractivity contribution in [3.8, 4) is 33.8 Å². The number of benzene rings is 4. The van der Waals surface area contributed by atoms with Crippen LogP contribution in [0.3, 0.4) is 0 Å².